The summed E-state index contributed by atoms with van der Waals surface area (Å²) in [6.07, 6.45) is 6.35. The van der Waals surface area contributed by atoms with Crippen molar-refractivity contribution in [2.45, 2.75) is 76.9 Å². The van der Waals surface area contributed by atoms with Gasteiger partial charge in [0.2, 0.25) is 0 Å². The van der Waals surface area contributed by atoms with Crippen molar-refractivity contribution in [1.29, 1.82) is 0 Å². The van der Waals surface area contributed by atoms with Crippen molar-refractivity contribution in [2.24, 2.45) is 0 Å². The Kier molecular flexibility index (Phi) is 8.09. The maximum absolute atomic E-state index is 13.4. The van der Waals surface area contributed by atoms with E-state index in [0.29, 0.717) is 12.0 Å². The molecule has 0 aromatic heterocycles. The smallest absolute Gasteiger partial charge is 0.100 e. The SMILES string of the molecule is CCN(CCc1ccccc1)C(C)CCc1ccc(C2CCC(F)CC2)cc1. The van der Waals surface area contributed by atoms with E-state index in [1.807, 2.05) is 0 Å². The van der Waals surface area contributed by atoms with Crippen LogP contribution in [0.4, 0.5) is 4.39 Å². The van der Waals surface area contributed by atoms with Gasteiger partial charge in [-0.05, 0) is 81.0 Å². The van der Waals surface area contributed by atoms with Gasteiger partial charge < -0.3 is 4.90 Å². The van der Waals surface area contributed by atoms with E-state index >= 15 is 0 Å². The summed E-state index contributed by atoms with van der Waals surface area (Å²) in [4.78, 5) is 2.59. The van der Waals surface area contributed by atoms with Gasteiger partial charge in [0.05, 0.1) is 0 Å². The molecule has 1 saturated carbocycles. The number of alkyl halides is 1. The van der Waals surface area contributed by atoms with Crippen LogP contribution >= 0.6 is 0 Å². The summed E-state index contributed by atoms with van der Waals surface area (Å²) in [7, 11) is 0. The highest BCUT2D eigenvalue weighted by molar-refractivity contribution is 5.26. The van der Waals surface area contributed by atoms with Crippen molar-refractivity contribution < 1.29 is 4.39 Å². The summed E-state index contributed by atoms with van der Waals surface area (Å²) in [6.45, 7) is 6.85. The Labute approximate surface area is 171 Å². The Hall–Kier alpha value is -1.67. The van der Waals surface area contributed by atoms with Crippen LogP contribution in [0.1, 0.15) is 68.6 Å². The minimum Gasteiger partial charge on any atom is -0.301 e. The maximum Gasteiger partial charge on any atom is 0.100 e. The van der Waals surface area contributed by atoms with Crippen molar-refractivity contribution >= 4 is 0 Å². The van der Waals surface area contributed by atoms with Gasteiger partial charge in [-0.1, -0.05) is 61.5 Å². The second-order valence-corrected chi connectivity index (χ2v) is 8.44. The Bertz CT molecular complexity index is 673. The zero-order chi connectivity index (χ0) is 19.8. The number of rotatable bonds is 9. The van der Waals surface area contributed by atoms with Crippen LogP contribution in [0, 0.1) is 0 Å². The summed E-state index contributed by atoms with van der Waals surface area (Å²) in [5, 5.41) is 0. The van der Waals surface area contributed by atoms with E-state index < -0.39 is 6.17 Å². The fourth-order valence-corrected chi connectivity index (χ4v) is 4.51. The van der Waals surface area contributed by atoms with Gasteiger partial charge in [-0.15, -0.1) is 0 Å². The molecule has 0 N–H and O–H groups in total. The molecule has 0 amide bonds. The second-order valence-electron chi connectivity index (χ2n) is 8.44. The monoisotopic (exact) mass is 381 g/mol. The summed E-state index contributed by atoms with van der Waals surface area (Å²) < 4.78 is 13.4. The number of benzene rings is 2. The molecule has 0 radical (unpaired) electrons. The first-order chi connectivity index (χ1) is 13.7. The Morgan fingerprint density at radius 3 is 2.18 bits per heavy atom. The van der Waals surface area contributed by atoms with Crippen LogP contribution in [-0.4, -0.2) is 30.2 Å². The number of aryl methyl sites for hydroxylation is 1. The lowest BCUT2D eigenvalue weighted by Gasteiger charge is -2.28. The lowest BCUT2D eigenvalue weighted by Crippen LogP contribution is -2.35. The lowest BCUT2D eigenvalue weighted by molar-refractivity contribution is 0.212. The Morgan fingerprint density at radius 1 is 0.893 bits per heavy atom. The largest absolute Gasteiger partial charge is 0.301 e. The molecule has 0 aliphatic heterocycles. The van der Waals surface area contributed by atoms with Crippen molar-refractivity contribution in [1.82, 2.24) is 4.90 Å². The van der Waals surface area contributed by atoms with E-state index in [2.05, 4.69) is 73.3 Å². The molecule has 28 heavy (non-hydrogen) atoms. The molecule has 1 nitrogen and oxygen atoms in total. The van der Waals surface area contributed by atoms with Gasteiger partial charge in [0, 0.05) is 12.6 Å². The van der Waals surface area contributed by atoms with Crippen LogP contribution in [-0.2, 0) is 12.8 Å². The van der Waals surface area contributed by atoms with Gasteiger partial charge >= 0.3 is 0 Å². The number of halogens is 1. The molecule has 0 bridgehead atoms. The predicted molar refractivity (Wildman–Crippen MR) is 118 cm³/mol. The highest BCUT2D eigenvalue weighted by Gasteiger charge is 2.21. The van der Waals surface area contributed by atoms with Gasteiger partial charge in [-0.2, -0.15) is 0 Å². The third kappa shape index (κ3) is 6.17. The predicted octanol–water partition coefficient (Wildman–Crippen LogP) is 6.57. The van der Waals surface area contributed by atoms with E-state index in [1.54, 1.807) is 0 Å². The van der Waals surface area contributed by atoms with Crippen molar-refractivity contribution in [3.63, 3.8) is 0 Å². The van der Waals surface area contributed by atoms with Crippen LogP contribution in [0.3, 0.4) is 0 Å². The van der Waals surface area contributed by atoms with Crippen molar-refractivity contribution in [2.75, 3.05) is 13.1 Å². The number of hydrogen-bond donors (Lipinski definition) is 0. The van der Waals surface area contributed by atoms with Crippen LogP contribution in [0.25, 0.3) is 0 Å². The summed E-state index contributed by atoms with van der Waals surface area (Å²) in [5.41, 5.74) is 4.25. The molecule has 1 unspecified atom stereocenters. The molecule has 1 aliphatic carbocycles. The Balaban J connectivity index is 1.45. The average Bonchev–Trinajstić information content (AvgIpc) is 2.74. The molecule has 2 heteroatoms. The van der Waals surface area contributed by atoms with Gasteiger partial charge in [0.1, 0.15) is 6.17 Å². The van der Waals surface area contributed by atoms with E-state index in [4.69, 9.17) is 0 Å². The van der Waals surface area contributed by atoms with E-state index in [9.17, 15) is 4.39 Å². The second kappa shape index (κ2) is 10.8. The lowest BCUT2D eigenvalue weighted by atomic mass is 9.83. The molecule has 152 valence electrons. The molecule has 3 rings (SSSR count). The highest BCUT2D eigenvalue weighted by Crippen LogP contribution is 2.34. The average molecular weight is 382 g/mol. The molecular weight excluding hydrogens is 345 g/mol. The maximum atomic E-state index is 13.4. The molecule has 2 aromatic rings. The first-order valence-corrected chi connectivity index (χ1v) is 11.2. The zero-order valence-electron chi connectivity index (χ0n) is 17.6. The molecule has 2 aromatic carbocycles. The quantitative estimate of drug-likeness (QED) is 0.475. The molecular formula is C26H36FN. The molecule has 1 aliphatic rings. The number of hydrogen-bond acceptors (Lipinski definition) is 1. The van der Waals surface area contributed by atoms with Crippen LogP contribution < -0.4 is 0 Å². The van der Waals surface area contributed by atoms with Gasteiger partial charge in [-0.25, -0.2) is 4.39 Å². The molecule has 0 saturated heterocycles. The van der Waals surface area contributed by atoms with Crippen molar-refractivity contribution in [3.05, 3.63) is 71.3 Å². The molecule has 1 fully saturated rings. The highest BCUT2D eigenvalue weighted by atomic mass is 19.1. The summed E-state index contributed by atoms with van der Waals surface area (Å²) >= 11 is 0. The minimum absolute atomic E-state index is 0.563. The number of nitrogens with zero attached hydrogens (tertiary/aromatic N) is 1. The third-order valence-electron chi connectivity index (χ3n) is 6.52. The molecule has 1 atom stereocenters. The fraction of sp³-hybridized carbons (Fsp3) is 0.538. The van der Waals surface area contributed by atoms with Crippen LogP contribution in [0.5, 0.6) is 0 Å². The first-order valence-electron chi connectivity index (χ1n) is 11.2. The van der Waals surface area contributed by atoms with E-state index in [-0.39, 0.29) is 0 Å². The van der Waals surface area contributed by atoms with E-state index in [1.165, 1.54) is 23.1 Å². The fourth-order valence-electron chi connectivity index (χ4n) is 4.51. The first kappa shape index (κ1) is 21.0. The van der Waals surface area contributed by atoms with Crippen molar-refractivity contribution in [3.8, 4) is 0 Å². The zero-order valence-corrected chi connectivity index (χ0v) is 17.6. The van der Waals surface area contributed by atoms with E-state index in [0.717, 1.165) is 51.6 Å². The summed E-state index contributed by atoms with van der Waals surface area (Å²) in [6, 6.07) is 20.5. The minimum atomic E-state index is -0.569. The molecule has 0 spiro atoms. The van der Waals surface area contributed by atoms with Crippen LogP contribution in [0.15, 0.2) is 54.6 Å². The topological polar surface area (TPSA) is 3.24 Å². The van der Waals surface area contributed by atoms with Gasteiger partial charge in [-0.3, -0.25) is 0 Å². The van der Waals surface area contributed by atoms with Gasteiger partial charge in [0.25, 0.3) is 0 Å². The standard InChI is InChI=1S/C26H36FN/c1-3-28(20-19-22-7-5-4-6-8-22)21(2)9-10-23-11-13-24(14-12-23)25-15-17-26(27)18-16-25/h4-8,11-14,21,25-26H,3,9-10,15-20H2,1-2H3. The summed E-state index contributed by atoms with van der Waals surface area (Å²) in [5.74, 6) is 0.563. The normalized spacial score (nSPS) is 21.0. The molecule has 0 heterocycles. The third-order valence-corrected chi connectivity index (χ3v) is 6.52. The number of likely N-dealkylation sites (N-methyl/N-ethyl adjacent to an activating group) is 1. The van der Waals surface area contributed by atoms with Gasteiger partial charge in [0.15, 0.2) is 0 Å². The van der Waals surface area contributed by atoms with Crippen LogP contribution in [0.2, 0.25) is 0 Å². The Morgan fingerprint density at radius 2 is 1.54 bits per heavy atom.